The van der Waals surface area contributed by atoms with E-state index in [9.17, 15) is 22.9 Å². The Labute approximate surface area is 208 Å². The lowest BCUT2D eigenvalue weighted by Crippen LogP contribution is -2.31. The minimum absolute atomic E-state index is 0.0479. The molecule has 184 valence electrons. The Morgan fingerprint density at radius 3 is 2.53 bits per heavy atom. The molecule has 0 aliphatic heterocycles. The number of halogens is 1. The number of nitrogens with one attached hydrogen (secondary N) is 1. The molecule has 1 N–H and O–H groups in total. The van der Waals surface area contributed by atoms with Crippen LogP contribution in [0.3, 0.4) is 0 Å². The number of anilines is 1. The Kier molecular flexibility index (Phi) is 6.77. The molecule has 0 aliphatic carbocycles. The third-order valence-corrected chi connectivity index (χ3v) is 6.80. The van der Waals surface area contributed by atoms with Crippen LogP contribution in [0, 0.1) is 17.1 Å². The molecule has 0 aliphatic rings. The van der Waals surface area contributed by atoms with Gasteiger partial charge in [0.25, 0.3) is 5.91 Å². The number of fused-ring (bicyclic) bond motifs is 1. The number of hydrogen-bond donors (Lipinski definition) is 1. The van der Waals surface area contributed by atoms with Gasteiger partial charge in [0.15, 0.2) is 0 Å². The van der Waals surface area contributed by atoms with Crippen LogP contribution in [0.25, 0.3) is 22.4 Å². The van der Waals surface area contributed by atoms with E-state index < -0.39 is 21.7 Å². The van der Waals surface area contributed by atoms with Crippen LogP contribution in [0.4, 0.5) is 10.2 Å². The summed E-state index contributed by atoms with van der Waals surface area (Å²) in [6.07, 6.45) is 1.50. The summed E-state index contributed by atoms with van der Waals surface area (Å²) >= 11 is 0. The fourth-order valence-electron chi connectivity index (χ4n) is 3.94. The van der Waals surface area contributed by atoms with E-state index in [1.807, 2.05) is 6.92 Å². The van der Waals surface area contributed by atoms with Crippen molar-refractivity contribution in [3.05, 3.63) is 82.7 Å². The summed E-state index contributed by atoms with van der Waals surface area (Å²) in [4.78, 5) is 17.4. The number of rotatable bonds is 7. The molecule has 0 saturated carbocycles. The lowest BCUT2D eigenvalue weighted by atomic mass is 10.0. The van der Waals surface area contributed by atoms with Crippen molar-refractivity contribution in [1.29, 1.82) is 5.26 Å². The molecule has 2 heterocycles. The van der Waals surface area contributed by atoms with Crippen LogP contribution in [0.15, 0.2) is 59.0 Å². The molecule has 0 saturated heterocycles. The first kappa shape index (κ1) is 24.9. The normalized spacial score (nSPS) is 11.3. The number of nitrogens with zero attached hydrogens (tertiary/aromatic N) is 3. The van der Waals surface area contributed by atoms with E-state index in [0.29, 0.717) is 34.1 Å². The number of sulfonamides is 1. The third-order valence-electron chi connectivity index (χ3n) is 5.70. The van der Waals surface area contributed by atoms with Crippen LogP contribution in [-0.2, 0) is 23.0 Å². The van der Waals surface area contributed by atoms with Crippen LogP contribution in [0.2, 0.25) is 0 Å². The molecule has 2 aromatic carbocycles. The van der Waals surface area contributed by atoms with Crippen LogP contribution < -0.4 is 9.62 Å². The quantitative estimate of drug-likeness (QED) is 0.397. The zero-order chi connectivity index (χ0) is 26.0. The second kappa shape index (κ2) is 9.79. The molecule has 0 atom stereocenters. The molecule has 4 rings (SSSR count). The number of benzene rings is 2. The largest absolute Gasteiger partial charge is 0.437 e. The van der Waals surface area contributed by atoms with Gasteiger partial charge in [-0.05, 0) is 60.0 Å². The maximum atomic E-state index is 13.5. The molecular weight excluding hydrogens is 483 g/mol. The molecule has 0 fully saturated rings. The molecule has 8 nitrogen and oxygen atoms in total. The summed E-state index contributed by atoms with van der Waals surface area (Å²) in [5, 5.41) is 12.2. The lowest BCUT2D eigenvalue weighted by Gasteiger charge is -2.23. The first-order valence-corrected chi connectivity index (χ1v) is 12.9. The highest BCUT2D eigenvalue weighted by molar-refractivity contribution is 7.92. The number of amides is 1. The molecule has 0 unspecified atom stereocenters. The molecule has 1 amide bonds. The Morgan fingerprint density at radius 1 is 1.19 bits per heavy atom. The Morgan fingerprint density at radius 2 is 1.92 bits per heavy atom. The van der Waals surface area contributed by atoms with Gasteiger partial charge in [-0.2, -0.15) is 10.2 Å². The van der Waals surface area contributed by atoms with Crippen molar-refractivity contribution in [2.45, 2.75) is 19.9 Å². The summed E-state index contributed by atoms with van der Waals surface area (Å²) in [6.45, 7) is 1.80. The van der Waals surface area contributed by atoms with Crippen molar-refractivity contribution >= 4 is 32.8 Å². The first-order chi connectivity index (χ1) is 17.2. The molecule has 0 spiro atoms. The fraction of sp³-hybridized carbons (Fsp3) is 0.192. The highest BCUT2D eigenvalue weighted by atomic mass is 32.2. The SMILES string of the molecule is CCc1cc2c(C(=O)NC)c(-c3ccc(F)cc3)oc2nc1N(Cc1cccc(C#N)c1)S(C)(=O)=O. The van der Waals surface area contributed by atoms with Gasteiger partial charge >= 0.3 is 0 Å². The second-order valence-corrected chi connectivity index (χ2v) is 10.1. The van der Waals surface area contributed by atoms with Crippen LogP contribution in [0.1, 0.15) is 34.0 Å². The highest BCUT2D eigenvalue weighted by Gasteiger charge is 2.27. The zero-order valence-corrected chi connectivity index (χ0v) is 20.7. The van der Waals surface area contributed by atoms with Gasteiger partial charge in [-0.25, -0.2) is 17.1 Å². The van der Waals surface area contributed by atoms with E-state index in [-0.39, 0.29) is 29.4 Å². The van der Waals surface area contributed by atoms with E-state index in [2.05, 4.69) is 16.4 Å². The van der Waals surface area contributed by atoms with Gasteiger partial charge in [0.2, 0.25) is 15.7 Å². The summed E-state index contributed by atoms with van der Waals surface area (Å²) < 4.78 is 46.4. The zero-order valence-electron chi connectivity index (χ0n) is 19.9. The standard InChI is InChI=1S/C26H23FN4O4S/c1-4-18-13-21-22(25(32)29-2)23(19-8-10-20(27)11-9-19)35-26(21)30-24(18)31(36(3,33)34)15-17-7-5-6-16(12-17)14-28/h5-13H,4,15H2,1-3H3,(H,29,32). The smallest absolute Gasteiger partial charge is 0.255 e. The molecule has 36 heavy (non-hydrogen) atoms. The van der Waals surface area contributed by atoms with Gasteiger partial charge in [0.1, 0.15) is 17.4 Å². The number of hydrogen-bond acceptors (Lipinski definition) is 6. The molecule has 0 radical (unpaired) electrons. The van der Waals surface area contributed by atoms with Crippen molar-refractivity contribution in [1.82, 2.24) is 10.3 Å². The third kappa shape index (κ3) is 4.78. The summed E-state index contributed by atoms with van der Waals surface area (Å²) in [5.41, 5.74) is 2.37. The van der Waals surface area contributed by atoms with Gasteiger partial charge in [-0.15, -0.1) is 0 Å². The minimum atomic E-state index is -3.79. The number of furan rings is 1. The van der Waals surface area contributed by atoms with Crippen molar-refractivity contribution in [2.24, 2.45) is 0 Å². The van der Waals surface area contributed by atoms with Crippen LogP contribution in [0.5, 0.6) is 0 Å². The minimum Gasteiger partial charge on any atom is -0.437 e. The van der Waals surface area contributed by atoms with Crippen LogP contribution >= 0.6 is 0 Å². The second-order valence-electron chi connectivity index (χ2n) is 8.15. The van der Waals surface area contributed by atoms with Crippen molar-refractivity contribution in [3.8, 4) is 17.4 Å². The van der Waals surface area contributed by atoms with E-state index in [0.717, 1.165) is 10.6 Å². The maximum absolute atomic E-state index is 13.5. The summed E-state index contributed by atoms with van der Waals surface area (Å²) in [7, 11) is -2.31. The molecule has 0 bridgehead atoms. The first-order valence-electron chi connectivity index (χ1n) is 11.1. The number of aromatic nitrogens is 1. The van der Waals surface area contributed by atoms with E-state index in [4.69, 9.17) is 4.42 Å². The fourth-order valence-corrected chi connectivity index (χ4v) is 4.80. The number of aryl methyl sites for hydroxylation is 1. The van der Waals surface area contributed by atoms with Gasteiger partial charge in [0.05, 0.1) is 35.4 Å². The van der Waals surface area contributed by atoms with Crippen molar-refractivity contribution in [2.75, 3.05) is 17.6 Å². The van der Waals surface area contributed by atoms with Gasteiger partial charge in [0, 0.05) is 12.6 Å². The number of carbonyl (C=O) groups excluding carboxylic acids is 1. The van der Waals surface area contributed by atoms with Gasteiger partial charge in [-0.3, -0.25) is 4.79 Å². The van der Waals surface area contributed by atoms with Gasteiger partial charge < -0.3 is 9.73 Å². The molecule has 4 aromatic rings. The Balaban J connectivity index is 1.94. The molecule has 2 aromatic heterocycles. The topological polar surface area (TPSA) is 116 Å². The Hall–Kier alpha value is -4.23. The Bertz CT molecular complexity index is 1610. The van der Waals surface area contributed by atoms with Crippen LogP contribution in [-0.4, -0.2) is 32.6 Å². The highest BCUT2D eigenvalue weighted by Crippen LogP contribution is 2.36. The monoisotopic (exact) mass is 506 g/mol. The summed E-state index contributed by atoms with van der Waals surface area (Å²) in [5.74, 6) is -0.492. The van der Waals surface area contributed by atoms with Crippen molar-refractivity contribution in [3.63, 3.8) is 0 Å². The number of nitriles is 1. The average Bonchev–Trinajstić information content (AvgIpc) is 3.24. The van der Waals surface area contributed by atoms with Crippen molar-refractivity contribution < 1.29 is 22.0 Å². The molecule has 10 heteroatoms. The predicted molar refractivity (Wildman–Crippen MR) is 134 cm³/mol. The lowest BCUT2D eigenvalue weighted by molar-refractivity contribution is 0.0964. The predicted octanol–water partition coefficient (Wildman–Crippen LogP) is 4.39. The average molecular weight is 507 g/mol. The number of pyridine rings is 1. The van der Waals surface area contributed by atoms with Gasteiger partial charge in [-0.1, -0.05) is 19.1 Å². The molecular formula is C26H23FN4O4S. The maximum Gasteiger partial charge on any atom is 0.255 e. The van der Waals surface area contributed by atoms with E-state index in [1.54, 1.807) is 30.3 Å². The summed E-state index contributed by atoms with van der Waals surface area (Å²) in [6, 6.07) is 15.9. The number of carbonyl (C=O) groups is 1. The van der Waals surface area contributed by atoms with E-state index in [1.165, 1.54) is 31.3 Å². The van der Waals surface area contributed by atoms with E-state index >= 15 is 0 Å².